The number of ether oxygens (including phenoxy) is 2. The molecule has 2 amide bonds. The van der Waals surface area contributed by atoms with E-state index >= 15 is 0 Å². The molecule has 3 heterocycles. The van der Waals surface area contributed by atoms with Gasteiger partial charge in [-0.25, -0.2) is 0 Å². The Morgan fingerprint density at radius 3 is 2.38 bits per heavy atom. The zero-order valence-corrected chi connectivity index (χ0v) is 22.9. The van der Waals surface area contributed by atoms with Crippen LogP contribution in [-0.2, 0) is 15.8 Å². The molecule has 2 bridgehead atoms. The summed E-state index contributed by atoms with van der Waals surface area (Å²) in [4.78, 5) is 44.6. The summed E-state index contributed by atoms with van der Waals surface area (Å²) in [7, 11) is 3.10. The molecule has 2 saturated carbocycles. The van der Waals surface area contributed by atoms with Crippen LogP contribution in [0.4, 0.5) is 18.9 Å². The number of aromatic nitrogens is 1. The number of rotatable bonds is 4. The summed E-state index contributed by atoms with van der Waals surface area (Å²) in [5.74, 6) is -1.55. The third-order valence-corrected chi connectivity index (χ3v) is 11.5. The molecular weight excluding hydrogens is 565 g/mol. The first-order valence-corrected chi connectivity index (χ1v) is 14.5. The van der Waals surface area contributed by atoms with Crippen LogP contribution in [0.15, 0.2) is 52.3 Å². The van der Waals surface area contributed by atoms with E-state index in [4.69, 9.17) is 9.47 Å². The third kappa shape index (κ3) is 3.54. The molecule has 2 aromatic carbocycles. The number of methoxy groups -OCH3 is 2. The van der Waals surface area contributed by atoms with Crippen molar-refractivity contribution in [3.8, 4) is 11.5 Å². The predicted molar refractivity (Wildman–Crippen MR) is 142 cm³/mol. The molecule has 0 radical (unpaired) electrons. The summed E-state index contributed by atoms with van der Waals surface area (Å²) in [6, 6.07) is 10.0. The van der Waals surface area contributed by atoms with Crippen molar-refractivity contribution in [3.63, 3.8) is 0 Å². The number of amides is 2. The van der Waals surface area contributed by atoms with Crippen LogP contribution in [0.2, 0.25) is 0 Å². The molecule has 3 fully saturated rings. The number of aromatic amines is 1. The highest BCUT2D eigenvalue weighted by molar-refractivity contribution is 8.00. The van der Waals surface area contributed by atoms with E-state index in [2.05, 4.69) is 4.98 Å². The quantitative estimate of drug-likeness (QED) is 0.424. The number of halogens is 3. The van der Waals surface area contributed by atoms with Gasteiger partial charge in [-0.2, -0.15) is 13.2 Å². The van der Waals surface area contributed by atoms with Gasteiger partial charge in [0.2, 0.25) is 11.8 Å². The van der Waals surface area contributed by atoms with Crippen LogP contribution < -0.4 is 19.2 Å². The van der Waals surface area contributed by atoms with E-state index in [1.165, 1.54) is 12.1 Å². The van der Waals surface area contributed by atoms with Gasteiger partial charge in [0.05, 0.1) is 42.3 Å². The van der Waals surface area contributed by atoms with Gasteiger partial charge in [-0.05, 0) is 60.1 Å². The maximum atomic E-state index is 13.8. The van der Waals surface area contributed by atoms with E-state index in [0.29, 0.717) is 17.9 Å². The average Bonchev–Trinajstić information content (AvgIpc) is 3.66. The largest absolute Gasteiger partial charge is 0.493 e. The molecule has 4 aliphatic rings. The fourth-order valence-corrected chi connectivity index (χ4v) is 10.4. The SMILES string of the molecule is COc1ccc([C@H]2c3sc(=O)[nH]c3S[C@H]3[C@@H]4C[C@H]([C@H]5C(=O)N(c6cccc(C(F)(F)F)c6)C(=O)[C@H]45)[C@H]23)cc1OC. The topological polar surface area (TPSA) is 88.7 Å². The second-order valence-corrected chi connectivity index (χ2v) is 12.8. The Balaban J connectivity index is 1.30. The molecule has 7 nitrogen and oxygen atoms in total. The smallest absolute Gasteiger partial charge is 0.416 e. The Kier molecular flexibility index (Phi) is 5.70. The van der Waals surface area contributed by atoms with Gasteiger partial charge in [0, 0.05) is 16.0 Å². The van der Waals surface area contributed by atoms with Gasteiger partial charge in [0.15, 0.2) is 11.5 Å². The Bertz CT molecular complexity index is 1620. The highest BCUT2D eigenvalue weighted by Gasteiger charge is 2.69. The van der Waals surface area contributed by atoms with Crippen molar-refractivity contribution in [3.05, 3.63) is 68.1 Å². The summed E-state index contributed by atoms with van der Waals surface area (Å²) in [6.45, 7) is 0. The third-order valence-electron chi connectivity index (χ3n) is 8.92. The van der Waals surface area contributed by atoms with Crippen LogP contribution in [0.5, 0.6) is 11.5 Å². The summed E-state index contributed by atoms with van der Waals surface area (Å²) in [5, 5.41) is 0.729. The highest BCUT2D eigenvalue weighted by atomic mass is 32.2. The monoisotopic (exact) mass is 588 g/mol. The summed E-state index contributed by atoms with van der Waals surface area (Å²) in [6.07, 6.45) is -3.92. The minimum atomic E-state index is -4.59. The fraction of sp³-hybridized carbons (Fsp3) is 0.393. The lowest BCUT2D eigenvalue weighted by Crippen LogP contribution is -2.42. The highest BCUT2D eigenvalue weighted by Crippen LogP contribution is 2.68. The molecule has 7 rings (SSSR count). The minimum Gasteiger partial charge on any atom is -0.493 e. The van der Waals surface area contributed by atoms with E-state index in [-0.39, 0.29) is 39.5 Å². The molecule has 1 aromatic heterocycles. The predicted octanol–water partition coefficient (Wildman–Crippen LogP) is 5.15. The molecule has 208 valence electrons. The number of thiazole rings is 1. The zero-order valence-electron chi connectivity index (χ0n) is 21.2. The molecule has 2 aliphatic heterocycles. The Morgan fingerprint density at radius 2 is 1.68 bits per heavy atom. The first kappa shape index (κ1) is 25.7. The lowest BCUT2D eigenvalue weighted by atomic mass is 9.68. The number of nitrogens with zero attached hydrogens (tertiary/aromatic N) is 1. The Labute approximate surface area is 234 Å². The number of carbonyl (C=O) groups is 2. The number of hydrogen-bond donors (Lipinski definition) is 1. The van der Waals surface area contributed by atoms with Gasteiger partial charge in [-0.3, -0.25) is 19.3 Å². The molecule has 40 heavy (non-hydrogen) atoms. The second kappa shape index (κ2) is 8.87. The minimum absolute atomic E-state index is 0.0414. The van der Waals surface area contributed by atoms with Crippen molar-refractivity contribution >= 4 is 40.6 Å². The zero-order chi connectivity index (χ0) is 28.1. The van der Waals surface area contributed by atoms with Gasteiger partial charge in [0.1, 0.15) is 0 Å². The number of carbonyl (C=O) groups excluding carboxylic acids is 2. The molecule has 1 N–H and O–H groups in total. The Hall–Kier alpha value is -3.25. The van der Waals surface area contributed by atoms with Crippen LogP contribution in [0, 0.1) is 29.6 Å². The van der Waals surface area contributed by atoms with Crippen molar-refractivity contribution in [1.82, 2.24) is 4.98 Å². The number of thioether (sulfide) groups is 1. The van der Waals surface area contributed by atoms with Gasteiger partial charge < -0.3 is 14.5 Å². The van der Waals surface area contributed by atoms with Crippen LogP contribution in [0.3, 0.4) is 0 Å². The second-order valence-electron chi connectivity index (χ2n) is 10.6. The van der Waals surface area contributed by atoms with Gasteiger partial charge >= 0.3 is 11.0 Å². The molecule has 2 aliphatic carbocycles. The fourth-order valence-electron chi connectivity index (χ4n) is 7.51. The normalized spacial score (nSPS) is 30.3. The first-order valence-electron chi connectivity index (χ1n) is 12.8. The van der Waals surface area contributed by atoms with E-state index in [9.17, 15) is 27.6 Å². The lowest BCUT2D eigenvalue weighted by molar-refractivity contribution is -0.137. The van der Waals surface area contributed by atoms with E-state index in [0.717, 1.165) is 43.8 Å². The van der Waals surface area contributed by atoms with Crippen molar-refractivity contribution < 1.29 is 32.2 Å². The number of fused-ring (bicyclic) bond motifs is 9. The van der Waals surface area contributed by atoms with Gasteiger partial charge in [-0.1, -0.05) is 23.5 Å². The van der Waals surface area contributed by atoms with Gasteiger partial charge in [0.25, 0.3) is 0 Å². The van der Waals surface area contributed by atoms with Crippen molar-refractivity contribution in [2.24, 2.45) is 29.6 Å². The maximum Gasteiger partial charge on any atom is 0.416 e. The van der Waals surface area contributed by atoms with E-state index in [1.807, 2.05) is 18.2 Å². The first-order chi connectivity index (χ1) is 19.1. The number of imide groups is 1. The van der Waals surface area contributed by atoms with E-state index in [1.54, 1.807) is 26.0 Å². The number of hydrogen-bond acceptors (Lipinski definition) is 7. The molecule has 7 atom stereocenters. The summed E-state index contributed by atoms with van der Waals surface area (Å²) >= 11 is 2.70. The van der Waals surface area contributed by atoms with Crippen molar-refractivity contribution in [2.45, 2.75) is 28.8 Å². The summed E-state index contributed by atoms with van der Waals surface area (Å²) in [5.41, 5.74) is -0.0362. The van der Waals surface area contributed by atoms with Crippen molar-refractivity contribution in [2.75, 3.05) is 19.1 Å². The number of nitrogens with one attached hydrogen (secondary N) is 1. The molecule has 12 heteroatoms. The average molecular weight is 589 g/mol. The van der Waals surface area contributed by atoms with Crippen LogP contribution in [0.1, 0.15) is 28.3 Å². The lowest BCUT2D eigenvalue weighted by Gasteiger charge is -2.43. The van der Waals surface area contributed by atoms with Gasteiger partial charge in [-0.15, -0.1) is 11.8 Å². The molecule has 1 saturated heterocycles. The molecule has 3 aromatic rings. The van der Waals surface area contributed by atoms with Crippen LogP contribution >= 0.6 is 23.1 Å². The van der Waals surface area contributed by atoms with Crippen LogP contribution in [0.25, 0.3) is 0 Å². The number of benzene rings is 2. The van der Waals surface area contributed by atoms with Crippen LogP contribution in [-0.4, -0.2) is 36.3 Å². The molecule has 0 spiro atoms. The van der Waals surface area contributed by atoms with E-state index < -0.39 is 35.4 Å². The number of alkyl halides is 3. The number of H-pyrrole nitrogens is 1. The molecular formula is C28H23F3N2O5S2. The maximum absolute atomic E-state index is 13.8. The Morgan fingerprint density at radius 1 is 0.950 bits per heavy atom. The summed E-state index contributed by atoms with van der Waals surface area (Å²) < 4.78 is 51.2. The standard InChI is InChI=1S/C28H23F3N2O5S2/c1-37-16-7-6-11(8-17(16)38-2)18-19-14-10-15(22(19)39-24-23(18)40-27(36)32-24)21-20(14)25(34)33(26(21)35)13-5-3-4-12(9-13)28(29,30)31/h3-9,14-15,18-22H,10H2,1-2H3,(H,32,36)/t14-,15+,18+,19+,20+,21+,22-/m0/s1. The van der Waals surface area contributed by atoms with Crippen molar-refractivity contribution in [1.29, 1.82) is 0 Å². The number of anilines is 1. The molecule has 0 unspecified atom stereocenters.